The topological polar surface area (TPSA) is 67.0 Å². The van der Waals surface area contributed by atoms with E-state index < -0.39 is 0 Å². The van der Waals surface area contributed by atoms with E-state index in [1.54, 1.807) is 29.8 Å². The summed E-state index contributed by atoms with van der Waals surface area (Å²) in [5, 5.41) is 4.99. The molecule has 28 heavy (non-hydrogen) atoms. The van der Waals surface area contributed by atoms with Crippen LogP contribution in [0.4, 0.5) is 0 Å². The number of hydrogen-bond donors (Lipinski definition) is 2. The number of nitrogens with zero attached hydrogens (tertiary/aromatic N) is 1. The quantitative estimate of drug-likeness (QED) is 0.472. The van der Waals surface area contributed by atoms with E-state index in [1.807, 2.05) is 60.0 Å². The standard InChI is InChI=1S/C22H19N3O2S/c26-22(16-6-4-9-18(14-16)27-17-7-2-1-3-8-17)23-12-11-19-21(25-15-24-19)20-10-5-13-28-20/h1-10,13-15H,11-12H2,(H,23,26)(H,24,25). The van der Waals surface area contributed by atoms with Crippen molar-refractivity contribution in [2.45, 2.75) is 6.42 Å². The van der Waals surface area contributed by atoms with Crippen molar-refractivity contribution in [3.63, 3.8) is 0 Å². The molecular formula is C22H19N3O2S. The van der Waals surface area contributed by atoms with Crippen LogP contribution in [0.25, 0.3) is 10.6 Å². The highest BCUT2D eigenvalue weighted by Gasteiger charge is 2.11. The van der Waals surface area contributed by atoms with Crippen LogP contribution in [0.5, 0.6) is 11.5 Å². The van der Waals surface area contributed by atoms with Crippen molar-refractivity contribution in [3.05, 3.63) is 89.7 Å². The van der Waals surface area contributed by atoms with Gasteiger partial charge in [-0.3, -0.25) is 4.79 Å². The Morgan fingerprint density at radius 2 is 1.89 bits per heavy atom. The molecule has 0 spiro atoms. The molecule has 0 fully saturated rings. The zero-order valence-electron chi connectivity index (χ0n) is 15.1. The van der Waals surface area contributed by atoms with Gasteiger partial charge in [0.15, 0.2) is 0 Å². The van der Waals surface area contributed by atoms with Gasteiger partial charge in [0, 0.05) is 24.2 Å². The van der Waals surface area contributed by atoms with Gasteiger partial charge in [-0.15, -0.1) is 11.3 Å². The number of aromatic amines is 1. The van der Waals surface area contributed by atoms with Gasteiger partial charge in [-0.05, 0) is 41.8 Å². The first-order chi connectivity index (χ1) is 13.8. The maximum absolute atomic E-state index is 12.5. The van der Waals surface area contributed by atoms with Gasteiger partial charge in [-0.1, -0.05) is 30.3 Å². The fourth-order valence-corrected chi connectivity index (χ4v) is 3.61. The van der Waals surface area contributed by atoms with Gasteiger partial charge < -0.3 is 15.0 Å². The lowest BCUT2D eigenvalue weighted by molar-refractivity contribution is 0.0953. The number of nitrogens with one attached hydrogen (secondary N) is 2. The Bertz CT molecular complexity index is 1040. The number of benzene rings is 2. The number of rotatable bonds is 7. The van der Waals surface area contributed by atoms with E-state index in [0.29, 0.717) is 24.3 Å². The molecule has 0 bridgehead atoms. The number of aromatic nitrogens is 2. The van der Waals surface area contributed by atoms with Crippen LogP contribution in [-0.4, -0.2) is 22.4 Å². The van der Waals surface area contributed by atoms with Crippen LogP contribution in [0.3, 0.4) is 0 Å². The molecule has 0 aliphatic carbocycles. The molecule has 2 aromatic heterocycles. The fraction of sp³-hybridized carbons (Fsp3) is 0.0909. The van der Waals surface area contributed by atoms with Gasteiger partial charge in [0.25, 0.3) is 5.91 Å². The highest BCUT2D eigenvalue weighted by molar-refractivity contribution is 7.13. The smallest absolute Gasteiger partial charge is 0.251 e. The number of amides is 1. The van der Waals surface area contributed by atoms with Gasteiger partial charge in [-0.2, -0.15) is 0 Å². The van der Waals surface area contributed by atoms with Crippen molar-refractivity contribution in [3.8, 4) is 22.1 Å². The van der Waals surface area contributed by atoms with E-state index >= 15 is 0 Å². The van der Waals surface area contributed by atoms with Gasteiger partial charge in [0.1, 0.15) is 17.2 Å². The fourth-order valence-electron chi connectivity index (χ4n) is 2.87. The molecule has 2 aromatic carbocycles. The van der Waals surface area contributed by atoms with Crippen molar-refractivity contribution in [1.29, 1.82) is 0 Å². The summed E-state index contributed by atoms with van der Waals surface area (Å²) in [6, 6.07) is 20.7. The van der Waals surface area contributed by atoms with Crippen LogP contribution in [0.1, 0.15) is 16.1 Å². The molecule has 0 saturated carbocycles. The van der Waals surface area contributed by atoms with E-state index in [4.69, 9.17) is 4.74 Å². The van der Waals surface area contributed by atoms with Crippen molar-refractivity contribution >= 4 is 17.2 Å². The number of hydrogen-bond acceptors (Lipinski definition) is 4. The predicted molar refractivity (Wildman–Crippen MR) is 111 cm³/mol. The number of imidazole rings is 1. The molecule has 5 nitrogen and oxygen atoms in total. The molecule has 140 valence electrons. The Morgan fingerprint density at radius 3 is 2.71 bits per heavy atom. The summed E-state index contributed by atoms with van der Waals surface area (Å²) < 4.78 is 5.80. The molecule has 2 N–H and O–H groups in total. The van der Waals surface area contributed by atoms with Crippen molar-refractivity contribution in [2.75, 3.05) is 6.54 Å². The summed E-state index contributed by atoms with van der Waals surface area (Å²) in [5.74, 6) is 1.24. The maximum atomic E-state index is 12.5. The van der Waals surface area contributed by atoms with Gasteiger partial charge in [0.2, 0.25) is 0 Å². The normalized spacial score (nSPS) is 10.6. The molecular weight excluding hydrogens is 370 g/mol. The monoisotopic (exact) mass is 389 g/mol. The lowest BCUT2D eigenvalue weighted by Gasteiger charge is -2.08. The van der Waals surface area contributed by atoms with Crippen LogP contribution in [0.15, 0.2) is 78.4 Å². The van der Waals surface area contributed by atoms with Crippen molar-refractivity contribution in [2.24, 2.45) is 0 Å². The number of thiophene rings is 1. The zero-order chi connectivity index (χ0) is 19.2. The first kappa shape index (κ1) is 18.0. The van der Waals surface area contributed by atoms with Crippen LogP contribution < -0.4 is 10.1 Å². The summed E-state index contributed by atoms with van der Waals surface area (Å²) in [4.78, 5) is 21.2. The summed E-state index contributed by atoms with van der Waals surface area (Å²) in [6.45, 7) is 0.517. The Morgan fingerprint density at radius 1 is 1.04 bits per heavy atom. The van der Waals surface area contributed by atoms with E-state index in [0.717, 1.165) is 22.0 Å². The SMILES string of the molecule is O=C(NCCc1[nH]cnc1-c1cccs1)c1cccc(Oc2ccccc2)c1. The van der Waals surface area contributed by atoms with E-state index in [-0.39, 0.29) is 5.91 Å². The number of carbonyl (C=O) groups excluding carboxylic acids is 1. The summed E-state index contributed by atoms with van der Waals surface area (Å²) in [6.07, 6.45) is 2.37. The summed E-state index contributed by atoms with van der Waals surface area (Å²) in [7, 11) is 0. The second-order valence-electron chi connectivity index (χ2n) is 6.16. The van der Waals surface area contributed by atoms with E-state index in [1.165, 1.54) is 0 Å². The second-order valence-corrected chi connectivity index (χ2v) is 7.10. The Balaban J connectivity index is 1.36. The van der Waals surface area contributed by atoms with Crippen LogP contribution in [0.2, 0.25) is 0 Å². The third-order valence-electron chi connectivity index (χ3n) is 4.21. The molecule has 4 rings (SSSR count). The molecule has 0 unspecified atom stereocenters. The third-order valence-corrected chi connectivity index (χ3v) is 5.09. The lowest BCUT2D eigenvalue weighted by Crippen LogP contribution is -2.25. The number of ether oxygens (including phenoxy) is 1. The first-order valence-electron chi connectivity index (χ1n) is 8.97. The molecule has 0 atom stereocenters. The van der Waals surface area contributed by atoms with Crippen LogP contribution in [-0.2, 0) is 6.42 Å². The van der Waals surface area contributed by atoms with Crippen molar-refractivity contribution < 1.29 is 9.53 Å². The van der Waals surface area contributed by atoms with Gasteiger partial charge in [-0.25, -0.2) is 4.98 Å². The van der Waals surface area contributed by atoms with Crippen LogP contribution in [0, 0.1) is 0 Å². The van der Waals surface area contributed by atoms with E-state index in [9.17, 15) is 4.79 Å². The molecule has 0 radical (unpaired) electrons. The van der Waals surface area contributed by atoms with Crippen LogP contribution >= 0.6 is 11.3 Å². The Kier molecular flexibility index (Phi) is 5.49. The lowest BCUT2D eigenvalue weighted by atomic mass is 10.2. The molecule has 6 heteroatoms. The minimum Gasteiger partial charge on any atom is -0.457 e. The molecule has 0 saturated heterocycles. The van der Waals surface area contributed by atoms with Gasteiger partial charge in [0.05, 0.1) is 11.2 Å². The largest absolute Gasteiger partial charge is 0.457 e. The molecule has 2 heterocycles. The minimum absolute atomic E-state index is 0.129. The number of para-hydroxylation sites is 1. The predicted octanol–water partition coefficient (Wildman–Crippen LogP) is 4.90. The average molecular weight is 389 g/mol. The number of H-pyrrole nitrogens is 1. The minimum atomic E-state index is -0.129. The van der Waals surface area contributed by atoms with Crippen molar-refractivity contribution in [1.82, 2.24) is 15.3 Å². The highest BCUT2D eigenvalue weighted by atomic mass is 32.1. The van der Waals surface area contributed by atoms with E-state index in [2.05, 4.69) is 15.3 Å². The Labute approximate surface area is 167 Å². The third kappa shape index (κ3) is 4.29. The molecule has 4 aromatic rings. The Hall–Kier alpha value is -3.38. The zero-order valence-corrected chi connectivity index (χ0v) is 15.9. The van der Waals surface area contributed by atoms with Gasteiger partial charge >= 0.3 is 0 Å². The first-order valence-corrected chi connectivity index (χ1v) is 9.85. The summed E-state index contributed by atoms with van der Waals surface area (Å²) >= 11 is 1.65. The number of carbonyl (C=O) groups is 1. The maximum Gasteiger partial charge on any atom is 0.251 e. The summed E-state index contributed by atoms with van der Waals surface area (Å²) in [5.41, 5.74) is 2.53. The molecule has 1 amide bonds. The molecule has 0 aliphatic rings. The second kappa shape index (κ2) is 8.54. The highest BCUT2D eigenvalue weighted by Crippen LogP contribution is 2.25. The average Bonchev–Trinajstić information content (AvgIpc) is 3.40. The molecule has 0 aliphatic heterocycles.